The number of hydrogen-bond acceptors (Lipinski definition) is 7. The van der Waals surface area contributed by atoms with E-state index in [9.17, 15) is 24.0 Å². The summed E-state index contributed by atoms with van der Waals surface area (Å²) in [7, 11) is 1.49. The van der Waals surface area contributed by atoms with Crippen LogP contribution < -0.4 is 9.47 Å². The summed E-state index contributed by atoms with van der Waals surface area (Å²) >= 11 is 12.4. The molecule has 0 N–H and O–H groups in total. The lowest BCUT2D eigenvalue weighted by atomic mass is 9.55. The Morgan fingerprint density at radius 2 is 1.19 bits per heavy atom. The number of amides is 3. The monoisotopic (exact) mass is 730 g/mol. The summed E-state index contributed by atoms with van der Waals surface area (Å²) in [5, 5.41) is 2.07. The Kier molecular flexibility index (Phi) is 8.40. The number of imide groups is 1. The summed E-state index contributed by atoms with van der Waals surface area (Å²) in [6, 6.07) is 32.1. The maximum atomic E-state index is 14.6. The largest absolute Gasteiger partial charge is 0.497 e. The molecule has 258 valence electrons. The number of esters is 1. The number of carbonyl (C=O) groups excluding carboxylic acids is 5. The molecule has 3 aliphatic carbocycles. The second-order valence-corrected chi connectivity index (χ2v) is 13.6. The van der Waals surface area contributed by atoms with Crippen LogP contribution in [0.2, 0.25) is 10.0 Å². The number of ketones is 1. The minimum atomic E-state index is -0.779. The van der Waals surface area contributed by atoms with Crippen LogP contribution in [0.3, 0.4) is 0 Å². The molecule has 0 aromatic heterocycles. The fourth-order valence-electron chi connectivity index (χ4n) is 7.76. The van der Waals surface area contributed by atoms with Crippen LogP contribution in [0.15, 0.2) is 115 Å². The van der Waals surface area contributed by atoms with E-state index in [2.05, 4.69) is 0 Å². The van der Waals surface area contributed by atoms with Gasteiger partial charge in [0.2, 0.25) is 0 Å². The molecule has 5 aromatic carbocycles. The Bertz CT molecular complexity index is 2210. The molecule has 9 nitrogen and oxygen atoms in total. The first kappa shape index (κ1) is 33.4. The molecule has 4 aliphatic rings. The van der Waals surface area contributed by atoms with Gasteiger partial charge in [-0.2, -0.15) is 5.01 Å². The molecule has 1 heterocycles. The Balaban J connectivity index is 1.12. The number of halogens is 2. The molecule has 0 unspecified atom stereocenters. The van der Waals surface area contributed by atoms with E-state index in [4.69, 9.17) is 32.7 Å². The number of hydrogen-bond donors (Lipinski definition) is 0. The van der Waals surface area contributed by atoms with Crippen LogP contribution in [0.25, 0.3) is 0 Å². The summed E-state index contributed by atoms with van der Waals surface area (Å²) in [6.45, 7) is -0.645. The number of carbonyl (C=O) groups is 5. The quantitative estimate of drug-likeness (QED) is 0.0711. The second kappa shape index (κ2) is 13.1. The van der Waals surface area contributed by atoms with Gasteiger partial charge in [-0.25, -0.2) is 9.80 Å². The second-order valence-electron chi connectivity index (χ2n) is 12.8. The van der Waals surface area contributed by atoms with Gasteiger partial charge >= 0.3 is 5.97 Å². The van der Waals surface area contributed by atoms with E-state index in [0.29, 0.717) is 5.75 Å². The molecule has 52 heavy (non-hydrogen) atoms. The minimum absolute atomic E-state index is 0.0343. The van der Waals surface area contributed by atoms with Gasteiger partial charge in [0.15, 0.2) is 5.78 Å². The standard InChI is InChI=1S/C41H28Cl2N2O7/c1-51-26-8-6-7-24(19-26)41(50)52-25-16-13-22(14-17-25)33(46)21-44(38(47)23-15-18-31(42)32(43)20-23)45-39(48)36-34-27-9-2-3-10-28(27)35(37(36)40(45)49)30-12-5-4-11-29(30)34/h2-20,34-37H,21H2,1H3/t34?,35?,36-,37+. The van der Waals surface area contributed by atoms with Crippen LogP contribution in [0.1, 0.15) is 65.2 Å². The highest BCUT2D eigenvalue weighted by Crippen LogP contribution is 2.61. The van der Waals surface area contributed by atoms with Crippen LogP contribution in [0.5, 0.6) is 11.5 Å². The highest BCUT2D eigenvalue weighted by Gasteiger charge is 2.63. The van der Waals surface area contributed by atoms with Crippen molar-refractivity contribution in [3.8, 4) is 11.5 Å². The van der Waals surface area contributed by atoms with Crippen molar-refractivity contribution >= 4 is 52.7 Å². The lowest BCUT2D eigenvalue weighted by molar-refractivity contribution is -0.154. The van der Waals surface area contributed by atoms with E-state index < -0.39 is 59.7 Å². The van der Waals surface area contributed by atoms with Crippen LogP contribution >= 0.6 is 23.2 Å². The summed E-state index contributed by atoms with van der Waals surface area (Å²) in [5.74, 6) is -4.79. The maximum Gasteiger partial charge on any atom is 0.343 e. The Labute approximate surface area is 308 Å². The average molecular weight is 732 g/mol. The van der Waals surface area contributed by atoms with Crippen molar-refractivity contribution in [2.45, 2.75) is 11.8 Å². The number of benzene rings is 5. The normalized spacial score (nSPS) is 19.4. The molecule has 1 saturated heterocycles. The Hall–Kier alpha value is -5.77. The van der Waals surface area contributed by atoms with Crippen LogP contribution in [-0.4, -0.2) is 53.1 Å². The fraction of sp³-hybridized carbons (Fsp3) is 0.146. The van der Waals surface area contributed by atoms with E-state index in [-0.39, 0.29) is 32.5 Å². The number of rotatable bonds is 8. The van der Waals surface area contributed by atoms with Crippen molar-refractivity contribution in [3.63, 3.8) is 0 Å². The van der Waals surface area contributed by atoms with Gasteiger partial charge in [-0.15, -0.1) is 0 Å². The van der Waals surface area contributed by atoms with E-state index in [0.717, 1.165) is 32.3 Å². The van der Waals surface area contributed by atoms with Gasteiger partial charge in [-0.3, -0.25) is 19.2 Å². The zero-order chi connectivity index (χ0) is 36.3. The van der Waals surface area contributed by atoms with E-state index >= 15 is 0 Å². The minimum Gasteiger partial charge on any atom is -0.497 e. The zero-order valence-electron chi connectivity index (χ0n) is 27.5. The van der Waals surface area contributed by atoms with Crippen molar-refractivity contribution in [3.05, 3.63) is 164 Å². The molecular formula is C41H28Cl2N2O7. The van der Waals surface area contributed by atoms with Crippen molar-refractivity contribution in [2.75, 3.05) is 13.7 Å². The summed E-state index contributed by atoms with van der Waals surface area (Å²) < 4.78 is 10.7. The average Bonchev–Trinajstić information content (AvgIpc) is 3.44. The number of Topliss-reactive ketones (excluding diaryl/α,β-unsaturated/α-hetero) is 1. The Morgan fingerprint density at radius 3 is 1.73 bits per heavy atom. The van der Waals surface area contributed by atoms with Crippen LogP contribution in [0.4, 0.5) is 0 Å². The van der Waals surface area contributed by atoms with Gasteiger partial charge in [0, 0.05) is 23.0 Å². The third-order valence-electron chi connectivity index (χ3n) is 10.1. The van der Waals surface area contributed by atoms with Crippen molar-refractivity contribution < 1.29 is 33.4 Å². The first-order valence-corrected chi connectivity index (χ1v) is 17.2. The molecule has 2 atom stereocenters. The maximum absolute atomic E-state index is 14.6. The molecule has 9 rings (SSSR count). The van der Waals surface area contributed by atoms with Crippen molar-refractivity contribution in [2.24, 2.45) is 11.8 Å². The molecule has 1 fully saturated rings. The van der Waals surface area contributed by atoms with E-state index in [1.807, 2.05) is 48.5 Å². The van der Waals surface area contributed by atoms with Crippen LogP contribution in [0, 0.1) is 11.8 Å². The van der Waals surface area contributed by atoms with E-state index in [1.165, 1.54) is 49.6 Å². The fourth-order valence-corrected chi connectivity index (χ4v) is 8.06. The molecule has 3 amide bonds. The number of ether oxygens (including phenoxy) is 2. The third-order valence-corrected chi connectivity index (χ3v) is 10.8. The molecule has 0 saturated carbocycles. The number of methoxy groups -OCH3 is 1. The summed E-state index contributed by atoms with van der Waals surface area (Å²) in [5.41, 5.74) is 4.36. The first-order chi connectivity index (χ1) is 25.2. The Morgan fingerprint density at radius 1 is 0.635 bits per heavy atom. The number of nitrogens with zero attached hydrogens (tertiary/aromatic N) is 2. The van der Waals surface area contributed by atoms with Crippen LogP contribution in [-0.2, 0) is 9.59 Å². The molecule has 1 aliphatic heterocycles. The molecule has 0 radical (unpaired) electrons. The summed E-state index contributed by atoms with van der Waals surface area (Å²) in [4.78, 5) is 70.1. The van der Waals surface area contributed by atoms with Crippen molar-refractivity contribution in [1.29, 1.82) is 0 Å². The first-order valence-electron chi connectivity index (χ1n) is 16.5. The van der Waals surface area contributed by atoms with Gasteiger partial charge in [0.05, 0.1) is 34.6 Å². The zero-order valence-corrected chi connectivity index (χ0v) is 29.0. The SMILES string of the molecule is COc1cccc(C(=O)Oc2ccc(C(=O)CN(C(=O)c3ccc(Cl)c(Cl)c3)N3C(=O)[C@@H]4C5c6ccccc6C(c6ccccc65)[C@@H]4C3=O)cc2)c1. The van der Waals surface area contributed by atoms with Crippen molar-refractivity contribution in [1.82, 2.24) is 10.0 Å². The predicted octanol–water partition coefficient (Wildman–Crippen LogP) is 7.35. The third kappa shape index (κ3) is 5.44. The van der Waals surface area contributed by atoms with Gasteiger partial charge in [-0.1, -0.05) is 77.8 Å². The topological polar surface area (TPSA) is 110 Å². The molecule has 2 bridgehead atoms. The smallest absolute Gasteiger partial charge is 0.343 e. The molecule has 0 spiro atoms. The molecule has 11 heteroatoms. The summed E-state index contributed by atoms with van der Waals surface area (Å²) in [6.07, 6.45) is 0. The highest BCUT2D eigenvalue weighted by atomic mass is 35.5. The number of hydrazine groups is 1. The predicted molar refractivity (Wildman–Crippen MR) is 192 cm³/mol. The van der Waals surface area contributed by atoms with Gasteiger partial charge in [0.25, 0.3) is 17.7 Å². The lowest BCUT2D eigenvalue weighted by Crippen LogP contribution is -2.52. The molecule has 5 aromatic rings. The lowest BCUT2D eigenvalue weighted by Gasteiger charge is -2.45. The molecular weight excluding hydrogens is 703 g/mol. The highest BCUT2D eigenvalue weighted by molar-refractivity contribution is 6.42. The van der Waals surface area contributed by atoms with Gasteiger partial charge in [-0.05, 0) is 82.9 Å². The van der Waals surface area contributed by atoms with Gasteiger partial charge in [0.1, 0.15) is 18.0 Å². The van der Waals surface area contributed by atoms with Gasteiger partial charge < -0.3 is 9.47 Å². The van der Waals surface area contributed by atoms with E-state index in [1.54, 1.807) is 24.3 Å².